The van der Waals surface area contributed by atoms with Crippen LogP contribution in [-0.4, -0.2) is 31.7 Å². The van der Waals surface area contributed by atoms with Gasteiger partial charge in [0.25, 0.3) is 5.91 Å². The molecule has 1 atom stereocenters. The predicted molar refractivity (Wildman–Crippen MR) is 85.8 cm³/mol. The standard InChI is InChI=1S/C17H26N2O2/c1-2-11-18-15-8-6-14(7-9-15)17(20)19-12-10-16-5-3-4-13-21-16/h6-9,16,18H,2-5,10-13H2,1H3,(H,19,20). The number of nitrogens with one attached hydrogen (secondary N) is 2. The number of rotatable bonds is 7. The van der Waals surface area contributed by atoms with Crippen LogP contribution in [0, 0.1) is 0 Å². The van der Waals surface area contributed by atoms with Gasteiger partial charge in [-0.1, -0.05) is 6.92 Å². The average Bonchev–Trinajstić information content (AvgIpc) is 2.54. The fraction of sp³-hybridized carbons (Fsp3) is 0.588. The molecule has 2 N–H and O–H groups in total. The van der Waals surface area contributed by atoms with E-state index < -0.39 is 0 Å². The molecule has 1 aromatic rings. The molecule has 0 spiro atoms. The molecule has 1 aliphatic rings. The second-order valence-electron chi connectivity index (χ2n) is 5.54. The Balaban J connectivity index is 1.72. The summed E-state index contributed by atoms with van der Waals surface area (Å²) in [6.45, 7) is 4.63. The van der Waals surface area contributed by atoms with E-state index in [2.05, 4.69) is 17.6 Å². The van der Waals surface area contributed by atoms with Crippen LogP contribution in [0.3, 0.4) is 0 Å². The SMILES string of the molecule is CCCNc1ccc(C(=O)NCCC2CCCCO2)cc1. The fourth-order valence-electron chi connectivity index (χ4n) is 2.49. The Morgan fingerprint density at radius 2 is 2.05 bits per heavy atom. The highest BCUT2D eigenvalue weighted by atomic mass is 16.5. The van der Waals surface area contributed by atoms with Gasteiger partial charge >= 0.3 is 0 Å². The first-order valence-corrected chi connectivity index (χ1v) is 8.03. The maximum Gasteiger partial charge on any atom is 0.251 e. The van der Waals surface area contributed by atoms with Gasteiger partial charge < -0.3 is 15.4 Å². The Morgan fingerprint density at radius 3 is 2.71 bits per heavy atom. The maximum atomic E-state index is 12.0. The molecule has 21 heavy (non-hydrogen) atoms. The molecular formula is C17H26N2O2. The van der Waals surface area contributed by atoms with Crippen molar-refractivity contribution in [1.29, 1.82) is 0 Å². The predicted octanol–water partition coefficient (Wildman–Crippen LogP) is 3.20. The van der Waals surface area contributed by atoms with E-state index in [0.29, 0.717) is 18.2 Å². The van der Waals surface area contributed by atoms with Crippen molar-refractivity contribution in [3.63, 3.8) is 0 Å². The molecular weight excluding hydrogens is 264 g/mol. The van der Waals surface area contributed by atoms with Crippen LogP contribution in [0.2, 0.25) is 0 Å². The molecule has 1 saturated heterocycles. The highest BCUT2D eigenvalue weighted by molar-refractivity contribution is 5.94. The summed E-state index contributed by atoms with van der Waals surface area (Å²) in [5.41, 5.74) is 1.77. The smallest absolute Gasteiger partial charge is 0.251 e. The van der Waals surface area contributed by atoms with E-state index >= 15 is 0 Å². The third-order valence-corrected chi connectivity index (χ3v) is 3.75. The van der Waals surface area contributed by atoms with Gasteiger partial charge in [0.15, 0.2) is 0 Å². The van der Waals surface area contributed by atoms with Crippen LogP contribution in [0.4, 0.5) is 5.69 Å². The van der Waals surface area contributed by atoms with Gasteiger partial charge in [-0.2, -0.15) is 0 Å². The van der Waals surface area contributed by atoms with Crippen molar-refractivity contribution in [2.24, 2.45) is 0 Å². The molecule has 1 aromatic carbocycles. The van der Waals surface area contributed by atoms with Crippen LogP contribution in [-0.2, 0) is 4.74 Å². The average molecular weight is 290 g/mol. The fourth-order valence-corrected chi connectivity index (χ4v) is 2.49. The Morgan fingerprint density at radius 1 is 1.24 bits per heavy atom. The lowest BCUT2D eigenvalue weighted by atomic mass is 10.1. The van der Waals surface area contributed by atoms with Crippen molar-refractivity contribution in [3.8, 4) is 0 Å². The minimum Gasteiger partial charge on any atom is -0.385 e. The molecule has 1 aliphatic heterocycles. The minimum absolute atomic E-state index is 0.00662. The van der Waals surface area contributed by atoms with Crippen molar-refractivity contribution in [1.82, 2.24) is 5.32 Å². The summed E-state index contributed by atoms with van der Waals surface area (Å²) in [6.07, 6.45) is 5.84. The molecule has 2 rings (SSSR count). The quantitative estimate of drug-likeness (QED) is 0.811. The summed E-state index contributed by atoms with van der Waals surface area (Å²) >= 11 is 0. The first kappa shape index (κ1) is 15.8. The number of amides is 1. The number of ether oxygens (including phenoxy) is 1. The number of hydrogen-bond donors (Lipinski definition) is 2. The molecule has 116 valence electrons. The van der Waals surface area contributed by atoms with E-state index in [1.165, 1.54) is 12.8 Å². The molecule has 1 amide bonds. The van der Waals surface area contributed by atoms with Gasteiger partial charge in [0.1, 0.15) is 0 Å². The first-order chi connectivity index (χ1) is 10.3. The summed E-state index contributed by atoms with van der Waals surface area (Å²) in [6, 6.07) is 7.64. The highest BCUT2D eigenvalue weighted by Gasteiger charge is 2.14. The molecule has 1 heterocycles. The normalized spacial score (nSPS) is 18.2. The zero-order valence-electron chi connectivity index (χ0n) is 12.9. The van der Waals surface area contributed by atoms with Gasteiger partial charge in [-0.3, -0.25) is 4.79 Å². The van der Waals surface area contributed by atoms with E-state index in [1.54, 1.807) is 0 Å². The second-order valence-corrected chi connectivity index (χ2v) is 5.54. The number of carbonyl (C=O) groups excluding carboxylic acids is 1. The maximum absolute atomic E-state index is 12.0. The molecule has 4 nitrogen and oxygen atoms in total. The molecule has 4 heteroatoms. The molecule has 0 bridgehead atoms. The van der Waals surface area contributed by atoms with Crippen LogP contribution >= 0.6 is 0 Å². The zero-order valence-corrected chi connectivity index (χ0v) is 12.9. The molecule has 0 radical (unpaired) electrons. The van der Waals surface area contributed by atoms with Crippen molar-refractivity contribution in [2.75, 3.05) is 25.0 Å². The first-order valence-electron chi connectivity index (χ1n) is 8.03. The van der Waals surface area contributed by atoms with Gasteiger partial charge in [0, 0.05) is 30.9 Å². The van der Waals surface area contributed by atoms with Crippen molar-refractivity contribution >= 4 is 11.6 Å². The molecule has 0 saturated carbocycles. The van der Waals surface area contributed by atoms with Crippen LogP contribution in [0.25, 0.3) is 0 Å². The minimum atomic E-state index is -0.00662. The summed E-state index contributed by atoms with van der Waals surface area (Å²) in [5, 5.41) is 6.27. The lowest BCUT2D eigenvalue weighted by Gasteiger charge is -2.22. The van der Waals surface area contributed by atoms with Crippen molar-refractivity contribution in [2.45, 2.75) is 45.1 Å². The van der Waals surface area contributed by atoms with Crippen molar-refractivity contribution < 1.29 is 9.53 Å². The van der Waals surface area contributed by atoms with Gasteiger partial charge in [-0.05, 0) is 56.4 Å². The summed E-state index contributed by atoms with van der Waals surface area (Å²) < 4.78 is 5.66. The van der Waals surface area contributed by atoms with Crippen LogP contribution in [0.15, 0.2) is 24.3 Å². The van der Waals surface area contributed by atoms with Crippen LogP contribution < -0.4 is 10.6 Å². The van der Waals surface area contributed by atoms with Crippen LogP contribution in [0.5, 0.6) is 0 Å². The summed E-state index contributed by atoms with van der Waals surface area (Å²) in [5.74, 6) is -0.00662. The number of carbonyl (C=O) groups is 1. The van der Waals surface area contributed by atoms with Crippen molar-refractivity contribution in [3.05, 3.63) is 29.8 Å². The second kappa shape index (κ2) is 8.67. The molecule has 0 aliphatic carbocycles. The van der Waals surface area contributed by atoms with E-state index in [4.69, 9.17) is 4.74 Å². The lowest BCUT2D eigenvalue weighted by Crippen LogP contribution is -2.29. The summed E-state index contributed by atoms with van der Waals surface area (Å²) in [4.78, 5) is 12.0. The number of hydrogen-bond acceptors (Lipinski definition) is 3. The highest BCUT2D eigenvalue weighted by Crippen LogP contribution is 2.15. The Labute approximate surface area is 127 Å². The Bertz CT molecular complexity index is 425. The van der Waals surface area contributed by atoms with E-state index in [-0.39, 0.29) is 5.91 Å². The van der Waals surface area contributed by atoms with Gasteiger partial charge in [0.2, 0.25) is 0 Å². The Kier molecular flexibility index (Phi) is 6.54. The molecule has 1 fully saturated rings. The van der Waals surface area contributed by atoms with Crippen LogP contribution in [0.1, 0.15) is 49.4 Å². The third-order valence-electron chi connectivity index (χ3n) is 3.75. The van der Waals surface area contributed by atoms with E-state index in [9.17, 15) is 4.79 Å². The zero-order chi connectivity index (χ0) is 14.9. The van der Waals surface area contributed by atoms with Gasteiger partial charge in [0.05, 0.1) is 6.10 Å². The van der Waals surface area contributed by atoms with E-state index in [1.807, 2.05) is 24.3 Å². The van der Waals surface area contributed by atoms with E-state index in [0.717, 1.165) is 38.1 Å². The molecule has 0 aromatic heterocycles. The number of benzene rings is 1. The molecule has 1 unspecified atom stereocenters. The largest absolute Gasteiger partial charge is 0.385 e. The topological polar surface area (TPSA) is 50.4 Å². The van der Waals surface area contributed by atoms with Gasteiger partial charge in [-0.15, -0.1) is 0 Å². The monoisotopic (exact) mass is 290 g/mol. The number of anilines is 1. The Hall–Kier alpha value is -1.55. The third kappa shape index (κ3) is 5.38. The lowest BCUT2D eigenvalue weighted by molar-refractivity contribution is 0.0117. The van der Waals surface area contributed by atoms with Gasteiger partial charge in [-0.25, -0.2) is 0 Å². The summed E-state index contributed by atoms with van der Waals surface area (Å²) in [7, 11) is 0.